The van der Waals surface area contributed by atoms with Crippen molar-refractivity contribution in [3.05, 3.63) is 65.2 Å². The third kappa shape index (κ3) is 4.89. The molecule has 0 unspecified atom stereocenters. The molecule has 0 spiro atoms. The number of hydrogen-bond acceptors (Lipinski definition) is 6. The largest absolute Gasteiger partial charge is 0.452 e. The summed E-state index contributed by atoms with van der Waals surface area (Å²) in [5, 5.41) is 4.14. The molecule has 2 N–H and O–H groups in total. The number of halogens is 1. The molecule has 0 aliphatic rings. The molecule has 29 heavy (non-hydrogen) atoms. The lowest BCUT2D eigenvalue weighted by Crippen LogP contribution is -2.37. The van der Waals surface area contributed by atoms with E-state index in [9.17, 15) is 18.8 Å². The van der Waals surface area contributed by atoms with Gasteiger partial charge in [-0.25, -0.2) is 23.9 Å². The van der Waals surface area contributed by atoms with Crippen molar-refractivity contribution in [1.82, 2.24) is 15.3 Å². The van der Waals surface area contributed by atoms with Gasteiger partial charge in [-0.2, -0.15) is 0 Å². The minimum absolute atomic E-state index is 0.0856. The Hall–Kier alpha value is -3.88. The van der Waals surface area contributed by atoms with Crippen LogP contribution < -0.4 is 10.6 Å². The van der Waals surface area contributed by atoms with Crippen LogP contribution in [0.1, 0.15) is 21.7 Å². The molecule has 9 heteroatoms. The van der Waals surface area contributed by atoms with Gasteiger partial charge in [0, 0.05) is 0 Å². The van der Waals surface area contributed by atoms with Crippen LogP contribution >= 0.6 is 0 Å². The zero-order chi connectivity index (χ0) is 21.0. The molecular formula is C20H17FN4O4. The van der Waals surface area contributed by atoms with E-state index < -0.39 is 30.3 Å². The second-order valence-electron chi connectivity index (χ2n) is 6.16. The van der Waals surface area contributed by atoms with Gasteiger partial charge in [-0.05, 0) is 44.2 Å². The summed E-state index contributed by atoms with van der Waals surface area (Å²) in [6.07, 6.45) is 0. The lowest BCUT2D eigenvalue weighted by Gasteiger charge is -2.08. The summed E-state index contributed by atoms with van der Waals surface area (Å²) < 4.78 is 18.4. The minimum atomic E-state index is -0.942. The number of hydrogen-bond donors (Lipinski definition) is 2. The van der Waals surface area contributed by atoms with Crippen LogP contribution in [0.15, 0.2) is 42.5 Å². The van der Waals surface area contributed by atoms with Crippen molar-refractivity contribution in [2.24, 2.45) is 0 Å². The molecule has 0 aliphatic carbocycles. The molecule has 0 aliphatic heterocycles. The van der Waals surface area contributed by atoms with E-state index in [1.807, 2.05) is 19.2 Å². The predicted octanol–water partition coefficient (Wildman–Crippen LogP) is 2.89. The van der Waals surface area contributed by atoms with E-state index >= 15 is 0 Å². The molecule has 2 aromatic carbocycles. The standard InChI is InChI=1S/C20H17FN4O4/c1-11-12(2)23-17-9-13(7-8-16(17)22-11)19(27)29-10-18(26)25-20(28)24-15-6-4-3-5-14(15)21/h3-9H,10H2,1-2H3,(H2,24,25,26,28). The van der Waals surface area contributed by atoms with Crippen molar-refractivity contribution in [3.8, 4) is 0 Å². The molecule has 148 valence electrons. The summed E-state index contributed by atoms with van der Waals surface area (Å²) >= 11 is 0. The van der Waals surface area contributed by atoms with Gasteiger partial charge in [0.25, 0.3) is 5.91 Å². The van der Waals surface area contributed by atoms with Crippen LogP contribution in [0.3, 0.4) is 0 Å². The summed E-state index contributed by atoms with van der Waals surface area (Å²) in [5.41, 5.74) is 2.79. The van der Waals surface area contributed by atoms with Gasteiger partial charge in [0.1, 0.15) is 5.82 Å². The molecular weight excluding hydrogens is 379 g/mol. The van der Waals surface area contributed by atoms with E-state index in [0.29, 0.717) is 11.0 Å². The number of carbonyl (C=O) groups is 3. The monoisotopic (exact) mass is 396 g/mol. The Kier molecular flexibility index (Phi) is 5.77. The molecule has 0 fully saturated rings. The van der Waals surface area contributed by atoms with Crippen LogP contribution in [0.5, 0.6) is 0 Å². The number of esters is 1. The zero-order valence-corrected chi connectivity index (χ0v) is 15.7. The first-order valence-electron chi connectivity index (χ1n) is 8.61. The maximum absolute atomic E-state index is 13.5. The molecule has 0 bridgehead atoms. The van der Waals surface area contributed by atoms with Crippen molar-refractivity contribution >= 4 is 34.6 Å². The number of anilines is 1. The number of urea groups is 1. The van der Waals surface area contributed by atoms with Gasteiger partial charge in [0.05, 0.1) is 33.7 Å². The fourth-order valence-electron chi connectivity index (χ4n) is 2.45. The Labute approximate surface area is 165 Å². The number of rotatable bonds is 4. The highest BCUT2D eigenvalue weighted by Gasteiger charge is 2.14. The number of imide groups is 1. The van der Waals surface area contributed by atoms with Gasteiger partial charge in [-0.1, -0.05) is 12.1 Å². The SMILES string of the molecule is Cc1nc2ccc(C(=O)OCC(=O)NC(=O)Nc3ccccc3F)cc2nc1C. The van der Waals surface area contributed by atoms with Gasteiger partial charge >= 0.3 is 12.0 Å². The van der Waals surface area contributed by atoms with E-state index in [0.717, 1.165) is 17.5 Å². The Bertz CT molecular complexity index is 1120. The first kappa shape index (κ1) is 19.9. The summed E-state index contributed by atoms with van der Waals surface area (Å²) in [7, 11) is 0. The topological polar surface area (TPSA) is 110 Å². The van der Waals surface area contributed by atoms with Gasteiger partial charge in [-0.3, -0.25) is 10.1 Å². The predicted molar refractivity (Wildman–Crippen MR) is 103 cm³/mol. The maximum atomic E-state index is 13.5. The number of carbonyl (C=O) groups excluding carboxylic acids is 3. The average molecular weight is 396 g/mol. The van der Waals surface area contributed by atoms with E-state index in [2.05, 4.69) is 15.3 Å². The van der Waals surface area contributed by atoms with Crippen molar-refractivity contribution in [1.29, 1.82) is 0 Å². The number of para-hydroxylation sites is 1. The number of ether oxygens (including phenoxy) is 1. The van der Waals surface area contributed by atoms with Crippen LogP contribution in [-0.2, 0) is 9.53 Å². The number of aromatic nitrogens is 2. The van der Waals surface area contributed by atoms with E-state index in [1.54, 1.807) is 6.07 Å². The summed E-state index contributed by atoms with van der Waals surface area (Å²) in [4.78, 5) is 44.4. The van der Waals surface area contributed by atoms with Gasteiger partial charge in [0.15, 0.2) is 6.61 Å². The number of benzene rings is 2. The van der Waals surface area contributed by atoms with Crippen LogP contribution in [0, 0.1) is 19.7 Å². The Balaban J connectivity index is 1.56. The molecule has 1 heterocycles. The first-order valence-corrected chi connectivity index (χ1v) is 8.61. The fraction of sp³-hybridized carbons (Fsp3) is 0.150. The third-order valence-electron chi connectivity index (χ3n) is 4.02. The molecule has 1 aromatic heterocycles. The molecule has 8 nitrogen and oxygen atoms in total. The quantitative estimate of drug-likeness (QED) is 0.656. The average Bonchev–Trinajstić information content (AvgIpc) is 2.68. The van der Waals surface area contributed by atoms with Crippen molar-refractivity contribution in [2.45, 2.75) is 13.8 Å². The normalized spacial score (nSPS) is 10.4. The smallest absolute Gasteiger partial charge is 0.338 e. The Morgan fingerprint density at radius 2 is 1.69 bits per heavy atom. The number of fused-ring (bicyclic) bond motifs is 1. The number of amides is 3. The highest BCUT2D eigenvalue weighted by molar-refractivity contribution is 6.02. The lowest BCUT2D eigenvalue weighted by atomic mass is 10.2. The number of aryl methyl sites for hydroxylation is 2. The number of nitrogens with one attached hydrogen (secondary N) is 2. The first-order chi connectivity index (χ1) is 13.8. The van der Waals surface area contributed by atoms with E-state index in [4.69, 9.17) is 4.74 Å². The Morgan fingerprint density at radius 3 is 2.41 bits per heavy atom. The Morgan fingerprint density at radius 1 is 1.00 bits per heavy atom. The van der Waals surface area contributed by atoms with Crippen molar-refractivity contribution in [3.63, 3.8) is 0 Å². The summed E-state index contributed by atoms with van der Waals surface area (Å²) in [5.74, 6) is -2.26. The summed E-state index contributed by atoms with van der Waals surface area (Å²) in [6, 6.07) is 9.21. The minimum Gasteiger partial charge on any atom is -0.452 e. The summed E-state index contributed by atoms with van der Waals surface area (Å²) in [6.45, 7) is 2.97. The zero-order valence-electron chi connectivity index (χ0n) is 15.7. The van der Waals surface area contributed by atoms with Crippen molar-refractivity contribution in [2.75, 3.05) is 11.9 Å². The molecule has 3 amide bonds. The second kappa shape index (κ2) is 8.42. The van der Waals surface area contributed by atoms with Gasteiger partial charge < -0.3 is 10.1 Å². The van der Waals surface area contributed by atoms with E-state index in [1.165, 1.54) is 30.3 Å². The molecule has 3 aromatic rings. The van der Waals surface area contributed by atoms with Crippen LogP contribution in [0.4, 0.5) is 14.9 Å². The highest BCUT2D eigenvalue weighted by Crippen LogP contribution is 2.15. The van der Waals surface area contributed by atoms with Crippen LogP contribution in [-0.4, -0.2) is 34.5 Å². The highest BCUT2D eigenvalue weighted by atomic mass is 19.1. The third-order valence-corrected chi connectivity index (χ3v) is 4.02. The molecule has 3 rings (SSSR count). The van der Waals surface area contributed by atoms with Gasteiger partial charge in [-0.15, -0.1) is 0 Å². The fourth-order valence-corrected chi connectivity index (χ4v) is 2.45. The molecule has 0 saturated heterocycles. The second-order valence-corrected chi connectivity index (χ2v) is 6.16. The molecule has 0 saturated carbocycles. The lowest BCUT2D eigenvalue weighted by molar-refractivity contribution is -0.123. The molecule has 0 atom stereocenters. The molecule has 0 radical (unpaired) electrons. The van der Waals surface area contributed by atoms with Crippen LogP contribution in [0.25, 0.3) is 11.0 Å². The van der Waals surface area contributed by atoms with Gasteiger partial charge in [0.2, 0.25) is 0 Å². The van der Waals surface area contributed by atoms with Crippen LogP contribution in [0.2, 0.25) is 0 Å². The van der Waals surface area contributed by atoms with E-state index in [-0.39, 0.29) is 11.3 Å². The van der Waals surface area contributed by atoms with Crippen molar-refractivity contribution < 1.29 is 23.5 Å². The number of nitrogens with zero attached hydrogens (tertiary/aromatic N) is 2. The maximum Gasteiger partial charge on any atom is 0.338 e.